The lowest BCUT2D eigenvalue weighted by molar-refractivity contribution is -0.132. The van der Waals surface area contributed by atoms with E-state index in [0.29, 0.717) is 18.4 Å². The number of nitrogens with one attached hydrogen (secondary N) is 2. The van der Waals surface area contributed by atoms with Crippen molar-refractivity contribution in [3.63, 3.8) is 0 Å². The first-order valence-corrected chi connectivity index (χ1v) is 8.25. The molecule has 4 heteroatoms. The molecule has 1 aromatic heterocycles. The number of hydrogen-bond acceptors (Lipinski definition) is 2. The Bertz CT molecular complexity index is 649. The van der Waals surface area contributed by atoms with Crippen LogP contribution in [0.5, 0.6) is 0 Å². The fourth-order valence-electron chi connectivity index (χ4n) is 3.44. The molecule has 3 rings (SSSR count). The number of H-pyrrole nitrogens is 1. The van der Waals surface area contributed by atoms with Crippen molar-refractivity contribution in [2.24, 2.45) is 5.92 Å². The number of benzene rings is 1. The van der Waals surface area contributed by atoms with Crippen molar-refractivity contribution in [2.45, 2.75) is 39.3 Å². The molecule has 118 valence electrons. The highest BCUT2D eigenvalue weighted by Crippen LogP contribution is 2.20. The predicted octanol–water partition coefficient (Wildman–Crippen LogP) is 2.90. The Balaban J connectivity index is 1.60. The topological polar surface area (TPSA) is 48.1 Å². The fourth-order valence-corrected chi connectivity index (χ4v) is 3.44. The van der Waals surface area contributed by atoms with Crippen LogP contribution in [0, 0.1) is 5.92 Å². The van der Waals surface area contributed by atoms with Gasteiger partial charge in [-0.3, -0.25) is 4.79 Å². The predicted molar refractivity (Wildman–Crippen MR) is 89.6 cm³/mol. The molecule has 0 spiro atoms. The molecule has 1 fully saturated rings. The van der Waals surface area contributed by atoms with E-state index in [1.54, 1.807) is 0 Å². The van der Waals surface area contributed by atoms with Crippen LogP contribution in [0.25, 0.3) is 10.9 Å². The highest BCUT2D eigenvalue weighted by atomic mass is 16.2. The monoisotopic (exact) mass is 299 g/mol. The maximum atomic E-state index is 11.8. The second-order valence-corrected chi connectivity index (χ2v) is 6.30. The molecule has 2 N–H and O–H groups in total. The van der Waals surface area contributed by atoms with Crippen molar-refractivity contribution >= 4 is 16.8 Å². The van der Waals surface area contributed by atoms with Crippen LogP contribution in [0.2, 0.25) is 0 Å². The van der Waals surface area contributed by atoms with Gasteiger partial charge < -0.3 is 15.2 Å². The lowest BCUT2D eigenvalue weighted by atomic mass is 9.93. The van der Waals surface area contributed by atoms with Gasteiger partial charge in [-0.15, -0.1) is 0 Å². The third kappa shape index (κ3) is 3.02. The first-order chi connectivity index (χ1) is 10.7. The maximum Gasteiger partial charge on any atom is 0.222 e. The summed E-state index contributed by atoms with van der Waals surface area (Å²) in [7, 11) is 0. The maximum absolute atomic E-state index is 11.8. The average Bonchev–Trinajstić information content (AvgIpc) is 3.02. The van der Waals surface area contributed by atoms with Crippen molar-refractivity contribution in [1.82, 2.24) is 15.2 Å². The number of likely N-dealkylation sites (tertiary alicyclic amines) is 1. The Morgan fingerprint density at radius 1 is 1.41 bits per heavy atom. The zero-order valence-electron chi connectivity index (χ0n) is 13.4. The highest BCUT2D eigenvalue weighted by molar-refractivity contribution is 5.82. The van der Waals surface area contributed by atoms with Gasteiger partial charge in [0.25, 0.3) is 0 Å². The third-order valence-electron chi connectivity index (χ3n) is 4.80. The van der Waals surface area contributed by atoms with Gasteiger partial charge in [-0.05, 0) is 30.0 Å². The molecule has 1 aliphatic rings. The third-order valence-corrected chi connectivity index (χ3v) is 4.80. The van der Waals surface area contributed by atoms with Gasteiger partial charge in [0.15, 0.2) is 0 Å². The van der Waals surface area contributed by atoms with Gasteiger partial charge in [0, 0.05) is 49.2 Å². The Morgan fingerprint density at radius 2 is 2.27 bits per heavy atom. The molecule has 1 aliphatic heterocycles. The van der Waals surface area contributed by atoms with Gasteiger partial charge in [-0.25, -0.2) is 0 Å². The van der Waals surface area contributed by atoms with Gasteiger partial charge in [0.05, 0.1) is 0 Å². The van der Waals surface area contributed by atoms with Crippen LogP contribution < -0.4 is 5.32 Å². The summed E-state index contributed by atoms with van der Waals surface area (Å²) in [6.45, 7) is 6.81. The summed E-state index contributed by atoms with van der Waals surface area (Å²) in [5, 5.41) is 4.99. The van der Waals surface area contributed by atoms with E-state index in [2.05, 4.69) is 41.5 Å². The van der Waals surface area contributed by atoms with E-state index in [9.17, 15) is 4.79 Å². The smallest absolute Gasteiger partial charge is 0.222 e. The van der Waals surface area contributed by atoms with Crippen molar-refractivity contribution < 1.29 is 4.79 Å². The van der Waals surface area contributed by atoms with Gasteiger partial charge in [-0.2, -0.15) is 0 Å². The summed E-state index contributed by atoms with van der Waals surface area (Å²) < 4.78 is 0. The lowest BCUT2D eigenvalue weighted by Gasteiger charge is -2.37. The van der Waals surface area contributed by atoms with E-state index in [1.807, 2.05) is 18.0 Å². The number of piperidine rings is 1. The van der Waals surface area contributed by atoms with Gasteiger partial charge in [-0.1, -0.05) is 26.0 Å². The first kappa shape index (κ1) is 15.1. The average molecular weight is 299 g/mol. The van der Waals surface area contributed by atoms with Gasteiger partial charge in [0.2, 0.25) is 5.91 Å². The van der Waals surface area contributed by atoms with Crippen molar-refractivity contribution in [3.05, 3.63) is 36.0 Å². The zero-order valence-corrected chi connectivity index (χ0v) is 13.4. The summed E-state index contributed by atoms with van der Waals surface area (Å²) in [4.78, 5) is 17.1. The molecule has 2 aromatic rings. The normalized spacial score (nSPS) is 22.2. The van der Waals surface area contributed by atoms with Crippen LogP contribution in [-0.2, 0) is 11.3 Å². The molecule has 2 heterocycles. The Kier molecular flexibility index (Phi) is 4.48. The number of hydrogen-bond donors (Lipinski definition) is 2. The summed E-state index contributed by atoms with van der Waals surface area (Å²) in [6.07, 6.45) is 3.64. The molecule has 0 aliphatic carbocycles. The number of aromatic nitrogens is 1. The number of carbonyl (C=O) groups is 1. The molecule has 1 aromatic carbocycles. The number of rotatable bonds is 4. The van der Waals surface area contributed by atoms with Crippen molar-refractivity contribution in [2.75, 3.05) is 13.1 Å². The van der Waals surface area contributed by atoms with Crippen LogP contribution in [0.1, 0.15) is 32.3 Å². The zero-order chi connectivity index (χ0) is 15.5. The van der Waals surface area contributed by atoms with E-state index in [4.69, 9.17) is 0 Å². The number of aromatic amines is 1. The van der Waals surface area contributed by atoms with E-state index in [0.717, 1.165) is 26.1 Å². The molecule has 4 nitrogen and oxygen atoms in total. The van der Waals surface area contributed by atoms with E-state index in [1.165, 1.54) is 16.5 Å². The van der Waals surface area contributed by atoms with Gasteiger partial charge >= 0.3 is 0 Å². The summed E-state index contributed by atoms with van der Waals surface area (Å²) in [5.41, 5.74) is 2.52. The van der Waals surface area contributed by atoms with E-state index >= 15 is 0 Å². The molecule has 0 radical (unpaired) electrons. The molecule has 1 saturated heterocycles. The fraction of sp³-hybridized carbons (Fsp3) is 0.500. The first-order valence-electron chi connectivity index (χ1n) is 8.25. The molecule has 2 atom stereocenters. The molecule has 1 amide bonds. The van der Waals surface area contributed by atoms with Crippen LogP contribution in [0.4, 0.5) is 0 Å². The summed E-state index contributed by atoms with van der Waals surface area (Å²) in [5.74, 6) is 0.775. The molecule has 0 unspecified atom stereocenters. The highest BCUT2D eigenvalue weighted by Gasteiger charge is 2.27. The Hall–Kier alpha value is -1.81. The summed E-state index contributed by atoms with van der Waals surface area (Å²) >= 11 is 0. The van der Waals surface area contributed by atoms with Crippen LogP contribution >= 0.6 is 0 Å². The second-order valence-electron chi connectivity index (χ2n) is 6.30. The van der Waals surface area contributed by atoms with Crippen LogP contribution in [0.3, 0.4) is 0 Å². The van der Waals surface area contributed by atoms with Crippen molar-refractivity contribution in [3.8, 4) is 0 Å². The molecule has 0 bridgehead atoms. The molecule has 0 saturated carbocycles. The second kappa shape index (κ2) is 6.53. The molecular weight excluding hydrogens is 274 g/mol. The Labute approximate surface area is 131 Å². The molecular formula is C18H25N3O. The number of amides is 1. The standard InChI is InChI=1S/C18H25N3O/c1-3-18(22)21-10-8-16(13(2)12-21)20-11-14-5-4-6-17-15(14)7-9-19-17/h4-7,9,13,16,19-20H,3,8,10-12H2,1-2H3/t13-,16-/m1/s1. The van der Waals surface area contributed by atoms with Gasteiger partial charge in [0.1, 0.15) is 0 Å². The quantitative estimate of drug-likeness (QED) is 0.912. The SMILES string of the molecule is CCC(=O)N1CC[C@@H](NCc2cccc3[nH]ccc23)[C@H](C)C1. The minimum atomic E-state index is 0.280. The number of fused-ring (bicyclic) bond motifs is 1. The minimum Gasteiger partial charge on any atom is -0.361 e. The van der Waals surface area contributed by atoms with Crippen LogP contribution in [-0.4, -0.2) is 34.9 Å². The van der Waals surface area contributed by atoms with E-state index < -0.39 is 0 Å². The number of carbonyl (C=O) groups excluding carboxylic acids is 1. The van der Waals surface area contributed by atoms with Crippen LogP contribution in [0.15, 0.2) is 30.5 Å². The Morgan fingerprint density at radius 3 is 3.05 bits per heavy atom. The van der Waals surface area contributed by atoms with Crippen molar-refractivity contribution in [1.29, 1.82) is 0 Å². The van der Waals surface area contributed by atoms with E-state index in [-0.39, 0.29) is 5.91 Å². The summed E-state index contributed by atoms with van der Waals surface area (Å²) in [6, 6.07) is 9.01. The lowest BCUT2D eigenvalue weighted by Crippen LogP contribution is -2.49. The minimum absolute atomic E-state index is 0.280. The number of nitrogens with zero attached hydrogens (tertiary/aromatic N) is 1. The molecule has 22 heavy (non-hydrogen) atoms. The largest absolute Gasteiger partial charge is 0.361 e.